The Labute approximate surface area is 88.1 Å². The minimum absolute atomic E-state index is 0.255. The second-order valence-corrected chi connectivity index (χ2v) is 2.87. The normalized spacial score (nSPS) is 9.07. The lowest BCUT2D eigenvalue weighted by molar-refractivity contribution is -0.124. The molecule has 0 aliphatic heterocycles. The molecule has 0 spiro atoms. The molecule has 3 nitrogen and oxygen atoms in total. The fourth-order valence-corrected chi connectivity index (χ4v) is 1.01. The van der Waals surface area contributed by atoms with E-state index in [0.717, 1.165) is 6.08 Å². The predicted molar refractivity (Wildman–Crippen MR) is 58.8 cm³/mol. The molecule has 0 saturated heterocycles. The minimum atomic E-state index is -0.530. The van der Waals surface area contributed by atoms with Gasteiger partial charge in [0.1, 0.15) is 0 Å². The van der Waals surface area contributed by atoms with Crippen LogP contribution in [0.25, 0.3) is 5.57 Å². The molecule has 3 heteroatoms. The molecule has 15 heavy (non-hydrogen) atoms. The fraction of sp³-hybridized carbons (Fsp3) is 0. The number of hydrogen-bond donors (Lipinski definition) is 1. The van der Waals surface area contributed by atoms with E-state index < -0.39 is 11.8 Å². The van der Waals surface area contributed by atoms with Crippen molar-refractivity contribution in [2.45, 2.75) is 0 Å². The maximum atomic E-state index is 11.4. The summed E-state index contributed by atoms with van der Waals surface area (Å²) < 4.78 is 0. The van der Waals surface area contributed by atoms with Gasteiger partial charge in [-0.05, 0) is 11.6 Å². The molecule has 0 fully saturated rings. The number of amides is 2. The molecule has 0 saturated carbocycles. The SMILES string of the molecule is C=CC(=O)NC(=O)C(=C)c1ccccc1. The van der Waals surface area contributed by atoms with Gasteiger partial charge in [-0.1, -0.05) is 43.5 Å². The molecule has 0 atom stereocenters. The van der Waals surface area contributed by atoms with Gasteiger partial charge < -0.3 is 0 Å². The maximum Gasteiger partial charge on any atom is 0.258 e. The van der Waals surface area contributed by atoms with Crippen molar-refractivity contribution in [2.75, 3.05) is 0 Å². The van der Waals surface area contributed by atoms with E-state index >= 15 is 0 Å². The van der Waals surface area contributed by atoms with Crippen LogP contribution in [0.1, 0.15) is 5.56 Å². The summed E-state index contributed by atoms with van der Waals surface area (Å²) in [6.45, 7) is 6.87. The minimum Gasteiger partial charge on any atom is -0.289 e. The zero-order chi connectivity index (χ0) is 11.3. The van der Waals surface area contributed by atoms with Crippen LogP contribution in [0, 0.1) is 0 Å². The lowest BCUT2D eigenvalue weighted by Gasteiger charge is -2.04. The predicted octanol–water partition coefficient (Wildman–Crippen LogP) is 1.53. The van der Waals surface area contributed by atoms with Crippen LogP contribution in [0.2, 0.25) is 0 Å². The molecule has 0 radical (unpaired) electrons. The molecule has 0 aliphatic carbocycles. The van der Waals surface area contributed by atoms with E-state index in [1.54, 1.807) is 24.3 Å². The van der Waals surface area contributed by atoms with Crippen molar-refractivity contribution in [1.29, 1.82) is 0 Å². The highest BCUT2D eigenvalue weighted by molar-refractivity contribution is 6.23. The summed E-state index contributed by atoms with van der Waals surface area (Å²) in [6.07, 6.45) is 1.04. The molecule has 1 rings (SSSR count). The van der Waals surface area contributed by atoms with Gasteiger partial charge in [0, 0.05) is 5.57 Å². The standard InChI is InChI=1S/C12H11NO2/c1-3-11(14)13-12(15)9(2)10-7-5-4-6-8-10/h3-8H,1-2H2,(H,13,14,15). The summed E-state index contributed by atoms with van der Waals surface area (Å²) >= 11 is 0. The van der Waals surface area contributed by atoms with Gasteiger partial charge in [-0.15, -0.1) is 0 Å². The third kappa shape index (κ3) is 2.91. The maximum absolute atomic E-state index is 11.4. The van der Waals surface area contributed by atoms with Crippen molar-refractivity contribution in [2.24, 2.45) is 0 Å². The highest BCUT2D eigenvalue weighted by atomic mass is 16.2. The highest BCUT2D eigenvalue weighted by Crippen LogP contribution is 2.10. The molecular weight excluding hydrogens is 190 g/mol. The first-order valence-electron chi connectivity index (χ1n) is 4.37. The molecule has 0 heterocycles. The van der Waals surface area contributed by atoms with Crippen LogP contribution in [0.5, 0.6) is 0 Å². The second kappa shape index (κ2) is 4.91. The van der Waals surface area contributed by atoms with Gasteiger partial charge in [0.15, 0.2) is 0 Å². The van der Waals surface area contributed by atoms with E-state index in [1.165, 1.54) is 0 Å². The van der Waals surface area contributed by atoms with Crippen molar-refractivity contribution in [1.82, 2.24) is 5.32 Å². The third-order valence-corrected chi connectivity index (χ3v) is 1.82. The first-order chi connectivity index (χ1) is 7.15. The molecule has 0 aliphatic rings. The smallest absolute Gasteiger partial charge is 0.258 e. The Morgan fingerprint density at radius 1 is 1.20 bits per heavy atom. The summed E-state index contributed by atoms with van der Waals surface area (Å²) in [5.74, 6) is -1.04. The summed E-state index contributed by atoms with van der Waals surface area (Å²) in [5.41, 5.74) is 0.942. The molecular formula is C12H11NO2. The number of carbonyl (C=O) groups is 2. The van der Waals surface area contributed by atoms with Crippen molar-refractivity contribution >= 4 is 17.4 Å². The Morgan fingerprint density at radius 2 is 1.80 bits per heavy atom. The monoisotopic (exact) mass is 201 g/mol. The van der Waals surface area contributed by atoms with Crippen LogP contribution in [-0.2, 0) is 9.59 Å². The first kappa shape index (κ1) is 10.9. The van der Waals surface area contributed by atoms with Crippen molar-refractivity contribution in [3.05, 3.63) is 55.1 Å². The molecule has 1 N–H and O–H groups in total. The van der Waals surface area contributed by atoms with E-state index in [2.05, 4.69) is 18.5 Å². The summed E-state index contributed by atoms with van der Waals surface area (Å²) in [4.78, 5) is 22.3. The topological polar surface area (TPSA) is 46.2 Å². The van der Waals surface area contributed by atoms with E-state index in [-0.39, 0.29) is 5.57 Å². The molecule has 2 amide bonds. The van der Waals surface area contributed by atoms with Gasteiger partial charge in [0.25, 0.3) is 5.91 Å². The van der Waals surface area contributed by atoms with Gasteiger partial charge in [0.2, 0.25) is 5.91 Å². The Morgan fingerprint density at radius 3 is 2.33 bits per heavy atom. The number of rotatable bonds is 3. The van der Waals surface area contributed by atoms with E-state index in [1.807, 2.05) is 6.07 Å². The Hall–Kier alpha value is -2.16. The Bertz CT molecular complexity index is 407. The van der Waals surface area contributed by atoms with Crippen LogP contribution in [0.4, 0.5) is 0 Å². The van der Waals surface area contributed by atoms with Crippen LogP contribution < -0.4 is 5.32 Å². The second-order valence-electron chi connectivity index (χ2n) is 2.87. The molecule has 76 valence electrons. The van der Waals surface area contributed by atoms with Crippen molar-refractivity contribution < 1.29 is 9.59 Å². The quantitative estimate of drug-likeness (QED) is 0.754. The van der Waals surface area contributed by atoms with Gasteiger partial charge >= 0.3 is 0 Å². The van der Waals surface area contributed by atoms with Gasteiger partial charge in [0.05, 0.1) is 0 Å². The summed E-state index contributed by atoms with van der Waals surface area (Å²) in [5, 5.41) is 2.13. The molecule has 0 bridgehead atoms. The number of carbonyl (C=O) groups excluding carboxylic acids is 2. The number of benzene rings is 1. The molecule has 0 unspecified atom stereocenters. The highest BCUT2D eigenvalue weighted by Gasteiger charge is 2.10. The van der Waals surface area contributed by atoms with E-state index in [4.69, 9.17) is 0 Å². The van der Waals surface area contributed by atoms with Gasteiger partial charge in [-0.25, -0.2) is 0 Å². The summed E-state index contributed by atoms with van der Waals surface area (Å²) in [6, 6.07) is 8.93. The molecule has 1 aromatic carbocycles. The van der Waals surface area contributed by atoms with Gasteiger partial charge in [-0.3, -0.25) is 14.9 Å². The summed E-state index contributed by atoms with van der Waals surface area (Å²) in [7, 11) is 0. The number of hydrogen-bond acceptors (Lipinski definition) is 2. The number of imide groups is 1. The first-order valence-corrected chi connectivity index (χ1v) is 4.37. The van der Waals surface area contributed by atoms with Crippen LogP contribution in [0.3, 0.4) is 0 Å². The number of nitrogens with one attached hydrogen (secondary N) is 1. The van der Waals surface area contributed by atoms with Crippen LogP contribution >= 0.6 is 0 Å². The van der Waals surface area contributed by atoms with E-state index in [9.17, 15) is 9.59 Å². The molecule has 0 aromatic heterocycles. The zero-order valence-corrected chi connectivity index (χ0v) is 8.19. The van der Waals surface area contributed by atoms with Crippen LogP contribution in [-0.4, -0.2) is 11.8 Å². The Balaban J connectivity index is 2.74. The largest absolute Gasteiger partial charge is 0.289 e. The average molecular weight is 201 g/mol. The van der Waals surface area contributed by atoms with Crippen molar-refractivity contribution in [3.63, 3.8) is 0 Å². The zero-order valence-electron chi connectivity index (χ0n) is 8.19. The third-order valence-electron chi connectivity index (χ3n) is 1.82. The van der Waals surface area contributed by atoms with Gasteiger partial charge in [-0.2, -0.15) is 0 Å². The lowest BCUT2D eigenvalue weighted by Crippen LogP contribution is -2.29. The molecule has 1 aromatic rings. The Kier molecular flexibility index (Phi) is 3.57. The average Bonchev–Trinajstić information content (AvgIpc) is 2.29. The van der Waals surface area contributed by atoms with Crippen molar-refractivity contribution in [3.8, 4) is 0 Å². The van der Waals surface area contributed by atoms with Crippen LogP contribution in [0.15, 0.2) is 49.6 Å². The lowest BCUT2D eigenvalue weighted by atomic mass is 10.1. The van der Waals surface area contributed by atoms with E-state index in [0.29, 0.717) is 5.56 Å². The fourth-order valence-electron chi connectivity index (χ4n) is 1.01.